The summed E-state index contributed by atoms with van der Waals surface area (Å²) in [5.41, 5.74) is 8.19. The number of nitrogens with zero attached hydrogens (tertiary/aromatic N) is 1. The van der Waals surface area contributed by atoms with Crippen LogP contribution in [0.2, 0.25) is 0 Å². The zero-order valence-electron chi connectivity index (χ0n) is 38.2. The normalized spacial score (nSPS) is 40.5. The van der Waals surface area contributed by atoms with E-state index in [1.807, 2.05) is 51.2 Å². The molecule has 0 unspecified atom stereocenters. The Kier molecular flexibility index (Phi) is 20.2. The average molecular weight is 873 g/mol. The predicted molar refractivity (Wildman–Crippen MR) is 234 cm³/mol. The molecule has 3 aliphatic heterocycles. The number of methoxy groups -OCH3 is 2. The molecule has 3 fully saturated rings. The van der Waals surface area contributed by atoms with Crippen molar-refractivity contribution in [1.29, 1.82) is 0 Å². The third-order valence-electron chi connectivity index (χ3n) is 13.5. The summed E-state index contributed by atoms with van der Waals surface area (Å²) in [6.45, 7) is 9.36. The molecule has 3 heterocycles. The van der Waals surface area contributed by atoms with Gasteiger partial charge in [-0.3, -0.25) is 14.4 Å². The number of esters is 1. The van der Waals surface area contributed by atoms with Gasteiger partial charge in [0.25, 0.3) is 11.7 Å². The fourth-order valence-electron chi connectivity index (χ4n) is 9.65. The monoisotopic (exact) mass is 873 g/mol. The second kappa shape index (κ2) is 24.3. The summed E-state index contributed by atoms with van der Waals surface area (Å²) < 4.78 is 23.6. The van der Waals surface area contributed by atoms with Gasteiger partial charge in [0.05, 0.1) is 24.4 Å². The smallest absolute Gasteiger partial charge is 0.329 e. The van der Waals surface area contributed by atoms with Crippen molar-refractivity contribution in [2.75, 3.05) is 20.8 Å². The van der Waals surface area contributed by atoms with Gasteiger partial charge in [-0.1, -0.05) is 57.2 Å². The van der Waals surface area contributed by atoms with Gasteiger partial charge < -0.3 is 50.0 Å². The van der Waals surface area contributed by atoms with Crippen LogP contribution in [0, 0.1) is 23.7 Å². The number of Topliss-reactive ketones (excluding diaryl/α,β-unsaturated/α-hetero) is 2. The van der Waals surface area contributed by atoms with E-state index in [-0.39, 0.29) is 43.2 Å². The largest absolute Gasteiger partial charge is 0.459 e. The summed E-state index contributed by atoms with van der Waals surface area (Å²) in [5, 5.41) is 44.1. The summed E-state index contributed by atoms with van der Waals surface area (Å²) in [7, 11) is 3.14. The Morgan fingerprint density at radius 2 is 1.58 bits per heavy atom. The SMILES string of the molecule is CO[C@H]1C[C@@H]2CCC[C@@](O)(O2)C(=O)C(=O)N2CCCC[C@H]2C(=O)O[C@H]([C@H](N)C[C@@H]2CC[C@@H](O)[C@H](OC)C2)CC[C@H](C)/C=C(\C)[C@@H](O)[C@@H](O)C(=O)[C@H](C)C[C@H](C)/C=C/C=C/C=C/1C. The number of piperidine rings is 1. The van der Waals surface area contributed by atoms with Crippen molar-refractivity contribution >= 4 is 23.4 Å². The molecule has 0 aromatic rings. The molecule has 2 saturated heterocycles. The maximum absolute atomic E-state index is 14.2. The molecule has 14 heteroatoms. The molecule has 4 aliphatic rings. The highest BCUT2D eigenvalue weighted by atomic mass is 16.6. The Morgan fingerprint density at radius 3 is 2.29 bits per heavy atom. The van der Waals surface area contributed by atoms with E-state index in [2.05, 4.69) is 0 Å². The van der Waals surface area contributed by atoms with Gasteiger partial charge in [-0.15, -0.1) is 0 Å². The van der Waals surface area contributed by atoms with Crippen molar-refractivity contribution in [2.45, 2.75) is 185 Å². The summed E-state index contributed by atoms with van der Waals surface area (Å²) >= 11 is 0. The Morgan fingerprint density at radius 1 is 0.839 bits per heavy atom. The van der Waals surface area contributed by atoms with Gasteiger partial charge in [0, 0.05) is 45.6 Å². The first-order valence-electron chi connectivity index (χ1n) is 22.9. The Hall–Kier alpha value is -3.08. The van der Waals surface area contributed by atoms with Gasteiger partial charge >= 0.3 is 5.97 Å². The second-order valence-electron chi connectivity index (χ2n) is 18.7. The van der Waals surface area contributed by atoms with Crippen molar-refractivity contribution < 1.29 is 58.6 Å². The maximum atomic E-state index is 14.2. The van der Waals surface area contributed by atoms with Gasteiger partial charge in [0.2, 0.25) is 5.79 Å². The number of ketones is 2. The average Bonchev–Trinajstić information content (AvgIpc) is 3.25. The number of hydrogen-bond acceptors (Lipinski definition) is 13. The number of aliphatic hydroxyl groups is 4. The number of carbonyl (C=O) groups is 4. The van der Waals surface area contributed by atoms with Crippen LogP contribution in [0.4, 0.5) is 0 Å². The molecule has 14 atom stereocenters. The number of fused-ring (bicyclic) bond motifs is 3. The van der Waals surface area contributed by atoms with Crippen molar-refractivity contribution in [1.82, 2.24) is 4.90 Å². The standard InChI is InChI=1S/C48H76N2O12/c1-29-14-9-8-10-15-31(3)40(59-6)28-35-16-13-22-48(58,62-35)45(55)46(56)50-23-12-11-17-37(50)47(57)61-39(36(49)26-34-19-20-38(51)41(27-34)60-7)21-18-30(2)25-33(5)43(53)44(54)42(52)32(4)24-29/h8-10,14-15,25,29-30,32,34-41,43-44,51,53-54,58H,11-13,16-24,26-28,49H2,1-7H3/b10-8+,14-9+,31-15+,33-25+/t29-,30+,32-,34+,35+,36-,37+,38-,39+,40+,41-,43-,44+,48-/m1/s1. The van der Waals surface area contributed by atoms with Crippen LogP contribution in [-0.2, 0) is 38.1 Å². The molecule has 1 amide bonds. The van der Waals surface area contributed by atoms with Gasteiger partial charge in [-0.25, -0.2) is 4.79 Å². The lowest BCUT2D eigenvalue weighted by Crippen LogP contribution is -2.58. The number of aliphatic hydroxyl groups excluding tert-OH is 3. The van der Waals surface area contributed by atoms with Gasteiger partial charge in [0.15, 0.2) is 5.78 Å². The highest BCUT2D eigenvalue weighted by molar-refractivity contribution is 6.39. The molecule has 0 radical (unpaired) electrons. The summed E-state index contributed by atoms with van der Waals surface area (Å²) in [4.78, 5) is 56.7. The van der Waals surface area contributed by atoms with E-state index in [9.17, 15) is 39.6 Å². The highest BCUT2D eigenvalue weighted by Crippen LogP contribution is 2.34. The molecule has 14 nitrogen and oxygen atoms in total. The number of hydrogen-bond donors (Lipinski definition) is 5. The molecule has 1 aliphatic carbocycles. The quantitative estimate of drug-likeness (QED) is 0.143. The molecule has 4 rings (SSSR count). The topological polar surface area (TPSA) is 215 Å². The first-order chi connectivity index (χ1) is 29.4. The lowest BCUT2D eigenvalue weighted by molar-refractivity contribution is -0.245. The van der Waals surface area contributed by atoms with Gasteiger partial charge in [-0.05, 0) is 120 Å². The molecule has 62 heavy (non-hydrogen) atoms. The van der Waals surface area contributed by atoms with Crippen LogP contribution in [-0.4, -0.2) is 130 Å². The molecule has 6 N–H and O–H groups in total. The van der Waals surface area contributed by atoms with E-state index in [4.69, 9.17) is 24.7 Å². The molecule has 0 aromatic heterocycles. The Bertz CT molecular complexity index is 1630. The number of nitrogens with two attached hydrogens (primary N) is 1. The molecule has 350 valence electrons. The number of carbonyl (C=O) groups excluding carboxylic acids is 4. The molecule has 0 spiro atoms. The Labute approximate surface area is 368 Å². The third kappa shape index (κ3) is 14.2. The van der Waals surface area contributed by atoms with E-state index in [0.29, 0.717) is 76.2 Å². The van der Waals surface area contributed by atoms with Crippen molar-refractivity contribution in [2.24, 2.45) is 29.4 Å². The third-order valence-corrected chi connectivity index (χ3v) is 13.5. The van der Waals surface area contributed by atoms with Crippen molar-refractivity contribution in [3.05, 3.63) is 47.6 Å². The van der Waals surface area contributed by atoms with Crippen molar-refractivity contribution in [3.63, 3.8) is 0 Å². The summed E-state index contributed by atoms with van der Waals surface area (Å²) in [6.07, 6.45) is 11.9. The fourth-order valence-corrected chi connectivity index (χ4v) is 9.65. The zero-order valence-corrected chi connectivity index (χ0v) is 38.2. The first-order valence-corrected chi connectivity index (χ1v) is 22.9. The van der Waals surface area contributed by atoms with E-state index >= 15 is 0 Å². The lowest BCUT2D eigenvalue weighted by Gasteiger charge is -2.40. The summed E-state index contributed by atoms with van der Waals surface area (Å²) in [5.74, 6) is -6.20. The molecular formula is C48H76N2O12. The van der Waals surface area contributed by atoms with Crippen LogP contribution in [0.25, 0.3) is 0 Å². The molecule has 1 saturated carbocycles. The summed E-state index contributed by atoms with van der Waals surface area (Å²) in [6, 6.07) is -1.69. The van der Waals surface area contributed by atoms with Crippen LogP contribution in [0.3, 0.4) is 0 Å². The number of cyclic esters (lactones) is 1. The van der Waals surface area contributed by atoms with Crippen molar-refractivity contribution in [3.8, 4) is 0 Å². The number of amides is 1. The van der Waals surface area contributed by atoms with E-state index in [1.54, 1.807) is 34.1 Å². The minimum Gasteiger partial charge on any atom is -0.459 e. The lowest BCUT2D eigenvalue weighted by atomic mass is 9.80. The van der Waals surface area contributed by atoms with Gasteiger partial charge in [0.1, 0.15) is 24.4 Å². The number of allylic oxidation sites excluding steroid dienone is 6. The zero-order chi connectivity index (χ0) is 45.7. The Balaban J connectivity index is 1.64. The van der Waals surface area contributed by atoms with Crippen LogP contribution >= 0.6 is 0 Å². The van der Waals surface area contributed by atoms with Crippen LogP contribution in [0.1, 0.15) is 125 Å². The van der Waals surface area contributed by atoms with Gasteiger partial charge in [-0.2, -0.15) is 0 Å². The first kappa shape index (κ1) is 51.6. The second-order valence-corrected chi connectivity index (χ2v) is 18.7. The predicted octanol–water partition coefficient (Wildman–Crippen LogP) is 4.79. The minimum absolute atomic E-state index is 0.00418. The van der Waals surface area contributed by atoms with E-state index in [1.165, 1.54) is 4.90 Å². The minimum atomic E-state index is -2.36. The maximum Gasteiger partial charge on any atom is 0.329 e. The van der Waals surface area contributed by atoms with Crippen LogP contribution in [0.15, 0.2) is 47.6 Å². The number of ether oxygens (including phenoxy) is 4. The number of rotatable bonds is 5. The molecule has 2 bridgehead atoms. The van der Waals surface area contributed by atoms with Crippen LogP contribution < -0.4 is 5.73 Å². The molecule has 0 aromatic carbocycles. The van der Waals surface area contributed by atoms with E-state index in [0.717, 1.165) is 12.0 Å². The fraction of sp³-hybridized carbons (Fsp3) is 0.750. The van der Waals surface area contributed by atoms with Crippen LogP contribution in [0.5, 0.6) is 0 Å². The highest BCUT2D eigenvalue weighted by Gasteiger charge is 2.49. The van der Waals surface area contributed by atoms with E-state index < -0.39 is 83.9 Å². The molecular weight excluding hydrogens is 797 g/mol.